The first-order valence-corrected chi connectivity index (χ1v) is 4.04. The molecule has 0 aliphatic rings. The van der Waals surface area contributed by atoms with Crippen LogP contribution in [0.5, 0.6) is 0 Å². The molecule has 0 amide bonds. The lowest BCUT2D eigenvalue weighted by Crippen LogP contribution is -2.36. The van der Waals surface area contributed by atoms with E-state index in [0.29, 0.717) is 13.1 Å². The number of aliphatic hydroxyl groups is 1. The van der Waals surface area contributed by atoms with Crippen LogP contribution >= 0.6 is 0 Å². The summed E-state index contributed by atoms with van der Waals surface area (Å²) in [7, 11) is 0. The van der Waals surface area contributed by atoms with E-state index in [9.17, 15) is 0 Å². The topological polar surface area (TPSA) is 82.1 Å². The Kier molecular flexibility index (Phi) is 6.41. The molecule has 0 spiro atoms. The highest BCUT2D eigenvalue weighted by Crippen LogP contribution is 1.89. The summed E-state index contributed by atoms with van der Waals surface area (Å²) >= 11 is 0. The molecule has 5 nitrogen and oxygen atoms in total. The highest BCUT2D eigenvalue weighted by molar-refractivity contribution is 5.81. The van der Waals surface area contributed by atoms with E-state index in [0.717, 1.165) is 13.0 Å². The summed E-state index contributed by atoms with van der Waals surface area (Å²) in [5, 5.41) is 19.8. The smallest absolute Gasteiger partial charge is 0.153 e. The standard InChI is InChI=1S/C7H17N3O2/c1-2-3-10(4-5-11)6-7(8)9-12/h11-12H,2-6H2,1H3,(H2,8,9). The van der Waals surface area contributed by atoms with Crippen LogP contribution in [0.25, 0.3) is 0 Å². The molecule has 0 saturated carbocycles. The number of nitrogens with zero attached hydrogens (tertiary/aromatic N) is 2. The summed E-state index contributed by atoms with van der Waals surface area (Å²) in [5.41, 5.74) is 5.31. The average molecular weight is 175 g/mol. The number of amidine groups is 1. The molecule has 0 aliphatic heterocycles. The third kappa shape index (κ3) is 4.92. The van der Waals surface area contributed by atoms with Gasteiger partial charge in [0.15, 0.2) is 5.84 Å². The van der Waals surface area contributed by atoms with Crippen molar-refractivity contribution in [2.75, 3.05) is 26.2 Å². The van der Waals surface area contributed by atoms with Crippen LogP contribution < -0.4 is 5.73 Å². The molecule has 0 radical (unpaired) electrons. The van der Waals surface area contributed by atoms with E-state index in [-0.39, 0.29) is 12.4 Å². The predicted molar refractivity (Wildman–Crippen MR) is 47.2 cm³/mol. The monoisotopic (exact) mass is 175 g/mol. The van der Waals surface area contributed by atoms with E-state index in [2.05, 4.69) is 5.16 Å². The summed E-state index contributed by atoms with van der Waals surface area (Å²) < 4.78 is 0. The van der Waals surface area contributed by atoms with E-state index in [1.165, 1.54) is 0 Å². The van der Waals surface area contributed by atoms with Crippen LogP contribution in [0, 0.1) is 0 Å². The molecular weight excluding hydrogens is 158 g/mol. The first-order chi connectivity index (χ1) is 5.74. The Hall–Kier alpha value is -0.810. The molecule has 0 aliphatic carbocycles. The molecule has 0 fully saturated rings. The van der Waals surface area contributed by atoms with Gasteiger partial charge in [-0.1, -0.05) is 12.1 Å². The Morgan fingerprint density at radius 3 is 2.58 bits per heavy atom. The van der Waals surface area contributed by atoms with Crippen molar-refractivity contribution in [3.8, 4) is 0 Å². The first kappa shape index (κ1) is 11.2. The van der Waals surface area contributed by atoms with Crippen molar-refractivity contribution in [1.82, 2.24) is 4.90 Å². The van der Waals surface area contributed by atoms with Gasteiger partial charge >= 0.3 is 0 Å². The maximum absolute atomic E-state index is 8.66. The molecule has 0 unspecified atom stereocenters. The van der Waals surface area contributed by atoms with Gasteiger partial charge in [-0.15, -0.1) is 0 Å². The lowest BCUT2D eigenvalue weighted by Gasteiger charge is -2.18. The van der Waals surface area contributed by atoms with Crippen molar-refractivity contribution < 1.29 is 10.3 Å². The summed E-state index contributed by atoms with van der Waals surface area (Å²) in [6, 6.07) is 0. The van der Waals surface area contributed by atoms with Gasteiger partial charge in [0, 0.05) is 6.54 Å². The number of aliphatic hydroxyl groups excluding tert-OH is 1. The highest BCUT2D eigenvalue weighted by atomic mass is 16.4. The van der Waals surface area contributed by atoms with Gasteiger partial charge in [0.05, 0.1) is 13.2 Å². The second-order valence-electron chi connectivity index (χ2n) is 2.59. The minimum Gasteiger partial charge on any atom is -0.409 e. The molecule has 0 bridgehead atoms. The molecule has 0 rings (SSSR count). The van der Waals surface area contributed by atoms with Crippen LogP contribution in [0.15, 0.2) is 5.16 Å². The largest absolute Gasteiger partial charge is 0.409 e. The van der Waals surface area contributed by atoms with E-state index in [4.69, 9.17) is 16.0 Å². The van der Waals surface area contributed by atoms with Crippen LogP contribution in [-0.2, 0) is 0 Å². The summed E-state index contributed by atoms with van der Waals surface area (Å²) in [4.78, 5) is 1.93. The van der Waals surface area contributed by atoms with Crippen LogP contribution in [0.4, 0.5) is 0 Å². The molecule has 72 valence electrons. The second kappa shape index (κ2) is 6.87. The zero-order valence-corrected chi connectivity index (χ0v) is 7.40. The number of oxime groups is 1. The van der Waals surface area contributed by atoms with Crippen LogP contribution in [0.3, 0.4) is 0 Å². The summed E-state index contributed by atoms with van der Waals surface area (Å²) in [6.07, 6.45) is 0.985. The predicted octanol–water partition coefficient (Wildman–Crippen LogP) is -0.563. The highest BCUT2D eigenvalue weighted by Gasteiger charge is 2.04. The lowest BCUT2D eigenvalue weighted by atomic mass is 10.4. The molecule has 0 saturated heterocycles. The van der Waals surface area contributed by atoms with Crippen molar-refractivity contribution in [2.45, 2.75) is 13.3 Å². The molecule has 4 N–H and O–H groups in total. The number of hydrogen-bond donors (Lipinski definition) is 3. The van der Waals surface area contributed by atoms with Crippen molar-refractivity contribution in [2.24, 2.45) is 10.9 Å². The fourth-order valence-electron chi connectivity index (χ4n) is 0.988. The van der Waals surface area contributed by atoms with Gasteiger partial charge < -0.3 is 16.0 Å². The van der Waals surface area contributed by atoms with E-state index < -0.39 is 0 Å². The molecule has 0 aromatic heterocycles. The molecule has 0 heterocycles. The maximum atomic E-state index is 8.66. The van der Waals surface area contributed by atoms with E-state index in [1.54, 1.807) is 0 Å². The molecule has 0 atom stereocenters. The summed E-state index contributed by atoms with van der Waals surface area (Å²) in [5.74, 6) is 0.178. The van der Waals surface area contributed by atoms with Gasteiger partial charge in [0.2, 0.25) is 0 Å². The van der Waals surface area contributed by atoms with Gasteiger partial charge in [-0.2, -0.15) is 0 Å². The quantitative estimate of drug-likeness (QED) is 0.219. The van der Waals surface area contributed by atoms with Crippen molar-refractivity contribution in [3.05, 3.63) is 0 Å². The molecule has 0 aromatic carbocycles. The normalized spacial score (nSPS) is 12.4. The Bertz CT molecular complexity index is 133. The maximum Gasteiger partial charge on any atom is 0.153 e. The fraction of sp³-hybridized carbons (Fsp3) is 0.857. The SMILES string of the molecule is CCCN(CCO)C/C(N)=N/O. The first-order valence-electron chi connectivity index (χ1n) is 4.04. The third-order valence-electron chi connectivity index (χ3n) is 1.47. The van der Waals surface area contributed by atoms with Gasteiger partial charge in [-0.25, -0.2) is 0 Å². The lowest BCUT2D eigenvalue weighted by molar-refractivity contribution is 0.210. The minimum absolute atomic E-state index is 0.0959. The molecule has 12 heavy (non-hydrogen) atoms. The van der Waals surface area contributed by atoms with Crippen molar-refractivity contribution in [3.63, 3.8) is 0 Å². The zero-order valence-electron chi connectivity index (χ0n) is 7.40. The van der Waals surface area contributed by atoms with Gasteiger partial charge in [0.25, 0.3) is 0 Å². The zero-order chi connectivity index (χ0) is 9.40. The number of rotatable bonds is 6. The van der Waals surface area contributed by atoms with Crippen LogP contribution in [0.2, 0.25) is 0 Å². The molecule has 0 aromatic rings. The fourth-order valence-corrected chi connectivity index (χ4v) is 0.988. The van der Waals surface area contributed by atoms with Crippen LogP contribution in [0.1, 0.15) is 13.3 Å². The van der Waals surface area contributed by atoms with Gasteiger partial charge in [-0.05, 0) is 13.0 Å². The van der Waals surface area contributed by atoms with Crippen LogP contribution in [-0.4, -0.2) is 47.3 Å². The van der Waals surface area contributed by atoms with E-state index in [1.807, 2.05) is 11.8 Å². The van der Waals surface area contributed by atoms with E-state index >= 15 is 0 Å². The third-order valence-corrected chi connectivity index (χ3v) is 1.47. The van der Waals surface area contributed by atoms with Crippen molar-refractivity contribution >= 4 is 5.84 Å². The second-order valence-corrected chi connectivity index (χ2v) is 2.59. The molecular formula is C7H17N3O2. The number of nitrogens with two attached hydrogens (primary N) is 1. The van der Waals surface area contributed by atoms with Crippen molar-refractivity contribution in [1.29, 1.82) is 0 Å². The summed E-state index contributed by atoms with van der Waals surface area (Å²) in [6.45, 7) is 3.95. The number of hydrogen-bond acceptors (Lipinski definition) is 4. The average Bonchev–Trinajstić information content (AvgIpc) is 2.05. The Morgan fingerprint density at radius 1 is 1.50 bits per heavy atom. The van der Waals surface area contributed by atoms with Gasteiger partial charge in [0.1, 0.15) is 0 Å². The Morgan fingerprint density at radius 2 is 2.17 bits per heavy atom. The van der Waals surface area contributed by atoms with Gasteiger partial charge in [-0.3, -0.25) is 4.90 Å². The molecule has 5 heteroatoms. The Balaban J connectivity index is 3.77. The minimum atomic E-state index is 0.0959. The Labute approximate surface area is 72.5 Å².